The fourth-order valence-electron chi connectivity index (χ4n) is 2.61. The van der Waals surface area contributed by atoms with Crippen molar-refractivity contribution < 1.29 is 4.39 Å². The van der Waals surface area contributed by atoms with Gasteiger partial charge in [-0.3, -0.25) is 0 Å². The van der Waals surface area contributed by atoms with Crippen LogP contribution in [0.1, 0.15) is 11.1 Å². The van der Waals surface area contributed by atoms with Gasteiger partial charge < -0.3 is 0 Å². The number of thiophene rings is 1. The minimum Gasteiger partial charge on any atom is -0.235 e. The molecule has 124 valence electrons. The van der Waals surface area contributed by atoms with Gasteiger partial charge in [-0.25, -0.2) is 14.4 Å². The Morgan fingerprint density at radius 1 is 1.04 bits per heavy atom. The second kappa shape index (κ2) is 6.94. The van der Waals surface area contributed by atoms with Gasteiger partial charge in [-0.15, -0.1) is 23.1 Å². The summed E-state index contributed by atoms with van der Waals surface area (Å²) >= 11 is 3.38. The summed E-state index contributed by atoms with van der Waals surface area (Å²) in [6.45, 7) is 2.13. The predicted molar refractivity (Wildman–Crippen MR) is 104 cm³/mol. The highest BCUT2D eigenvalue weighted by molar-refractivity contribution is 7.98. The summed E-state index contributed by atoms with van der Waals surface area (Å²) in [5.41, 5.74) is 4.54. The zero-order valence-corrected chi connectivity index (χ0v) is 15.2. The Labute approximate surface area is 153 Å². The maximum Gasteiger partial charge on any atom is 0.123 e. The molecule has 0 aliphatic heterocycles. The number of hydrogen-bond donors (Lipinski definition) is 0. The van der Waals surface area contributed by atoms with Crippen LogP contribution in [0.5, 0.6) is 0 Å². The van der Waals surface area contributed by atoms with Crippen molar-refractivity contribution in [1.82, 2.24) is 9.97 Å². The van der Waals surface area contributed by atoms with E-state index in [2.05, 4.69) is 41.2 Å². The Morgan fingerprint density at radius 2 is 1.84 bits per heavy atom. The first-order chi connectivity index (χ1) is 12.2. The molecular formula is C20H15FN2S2. The molecule has 25 heavy (non-hydrogen) atoms. The number of aryl methyl sites for hydroxylation is 1. The van der Waals surface area contributed by atoms with Crippen LogP contribution in [-0.2, 0) is 5.75 Å². The number of rotatable bonds is 4. The highest BCUT2D eigenvalue weighted by atomic mass is 32.2. The third kappa shape index (κ3) is 3.43. The predicted octanol–water partition coefficient (Wildman–Crippen LogP) is 6.10. The van der Waals surface area contributed by atoms with Gasteiger partial charge in [0.1, 0.15) is 17.2 Å². The van der Waals surface area contributed by atoms with Crippen LogP contribution in [-0.4, -0.2) is 9.97 Å². The molecule has 0 atom stereocenters. The fourth-order valence-corrected chi connectivity index (χ4v) is 4.89. The van der Waals surface area contributed by atoms with Crippen LogP contribution in [0.15, 0.2) is 66.0 Å². The molecule has 4 rings (SSSR count). The third-order valence-electron chi connectivity index (χ3n) is 4.03. The topological polar surface area (TPSA) is 25.8 Å². The van der Waals surface area contributed by atoms with E-state index in [1.165, 1.54) is 23.3 Å². The number of fused-ring (bicyclic) bond motifs is 1. The molecule has 0 fully saturated rings. The Morgan fingerprint density at radius 3 is 2.64 bits per heavy atom. The molecule has 4 aromatic rings. The first-order valence-electron chi connectivity index (χ1n) is 7.88. The van der Waals surface area contributed by atoms with Crippen molar-refractivity contribution in [1.29, 1.82) is 0 Å². The maximum absolute atomic E-state index is 13.1. The standard InChI is InChI=1S/C20H15FN2S2/c1-13-4-2-3-5-15(13)11-24-20-19-17(22-12-23-20)10-18(25-19)14-6-8-16(21)9-7-14/h2-10,12H,11H2,1H3. The van der Waals surface area contributed by atoms with Gasteiger partial charge in [0.05, 0.1) is 10.2 Å². The average Bonchev–Trinajstić information content (AvgIpc) is 3.06. The van der Waals surface area contributed by atoms with Gasteiger partial charge in [0, 0.05) is 10.6 Å². The summed E-state index contributed by atoms with van der Waals surface area (Å²) in [5.74, 6) is 0.655. The van der Waals surface area contributed by atoms with Gasteiger partial charge in [-0.05, 0) is 41.8 Å². The molecule has 2 aromatic heterocycles. The summed E-state index contributed by atoms with van der Waals surface area (Å²) in [6.07, 6.45) is 1.61. The van der Waals surface area contributed by atoms with E-state index in [0.29, 0.717) is 0 Å². The lowest BCUT2D eigenvalue weighted by Crippen LogP contribution is -1.87. The van der Waals surface area contributed by atoms with E-state index in [4.69, 9.17) is 0 Å². The van der Waals surface area contributed by atoms with Crippen LogP contribution in [0.2, 0.25) is 0 Å². The van der Waals surface area contributed by atoms with Crippen molar-refractivity contribution in [2.24, 2.45) is 0 Å². The molecule has 0 radical (unpaired) electrons. The SMILES string of the molecule is Cc1ccccc1CSc1ncnc2cc(-c3ccc(F)cc3)sc12. The monoisotopic (exact) mass is 366 g/mol. The fraction of sp³-hybridized carbons (Fsp3) is 0.100. The highest BCUT2D eigenvalue weighted by Crippen LogP contribution is 2.37. The lowest BCUT2D eigenvalue weighted by atomic mass is 10.1. The molecule has 5 heteroatoms. The number of hydrogen-bond acceptors (Lipinski definition) is 4. The summed E-state index contributed by atoms with van der Waals surface area (Å²) in [4.78, 5) is 9.94. The van der Waals surface area contributed by atoms with E-state index >= 15 is 0 Å². The molecule has 0 spiro atoms. The molecule has 0 bridgehead atoms. The van der Waals surface area contributed by atoms with E-state index in [1.54, 1.807) is 41.6 Å². The van der Waals surface area contributed by atoms with Crippen molar-refractivity contribution in [3.63, 3.8) is 0 Å². The Kier molecular flexibility index (Phi) is 4.51. The minimum atomic E-state index is -0.223. The first-order valence-corrected chi connectivity index (χ1v) is 9.69. The quantitative estimate of drug-likeness (QED) is 0.322. The summed E-state index contributed by atoms with van der Waals surface area (Å²) in [6, 6.07) is 17.0. The summed E-state index contributed by atoms with van der Waals surface area (Å²) in [7, 11) is 0. The van der Waals surface area contributed by atoms with E-state index < -0.39 is 0 Å². The lowest BCUT2D eigenvalue weighted by Gasteiger charge is -2.05. The van der Waals surface area contributed by atoms with Crippen LogP contribution >= 0.6 is 23.1 Å². The minimum absolute atomic E-state index is 0.223. The van der Waals surface area contributed by atoms with Crippen LogP contribution in [0.3, 0.4) is 0 Å². The second-order valence-electron chi connectivity index (χ2n) is 5.73. The van der Waals surface area contributed by atoms with Gasteiger partial charge in [0.15, 0.2) is 0 Å². The lowest BCUT2D eigenvalue weighted by molar-refractivity contribution is 0.628. The van der Waals surface area contributed by atoms with E-state index in [9.17, 15) is 4.39 Å². The van der Waals surface area contributed by atoms with Crippen LogP contribution < -0.4 is 0 Å². The van der Waals surface area contributed by atoms with Crippen LogP contribution in [0.25, 0.3) is 20.7 Å². The molecule has 2 aromatic carbocycles. The molecule has 0 amide bonds. The van der Waals surface area contributed by atoms with Crippen LogP contribution in [0.4, 0.5) is 4.39 Å². The molecule has 0 saturated heterocycles. The van der Waals surface area contributed by atoms with Gasteiger partial charge >= 0.3 is 0 Å². The Balaban J connectivity index is 1.66. The summed E-state index contributed by atoms with van der Waals surface area (Å²) in [5, 5.41) is 0.992. The number of nitrogens with zero attached hydrogens (tertiary/aromatic N) is 2. The highest BCUT2D eigenvalue weighted by Gasteiger charge is 2.11. The number of aromatic nitrogens is 2. The Bertz CT molecular complexity index is 1030. The van der Waals surface area contributed by atoms with Crippen molar-refractivity contribution in [3.8, 4) is 10.4 Å². The van der Waals surface area contributed by atoms with Crippen molar-refractivity contribution in [3.05, 3.63) is 77.9 Å². The maximum atomic E-state index is 13.1. The van der Waals surface area contributed by atoms with Crippen molar-refractivity contribution >= 4 is 33.3 Å². The molecule has 2 nitrogen and oxygen atoms in total. The third-order valence-corrected chi connectivity index (χ3v) is 6.38. The van der Waals surface area contributed by atoms with E-state index in [0.717, 1.165) is 31.4 Å². The van der Waals surface area contributed by atoms with Gasteiger partial charge in [-0.1, -0.05) is 36.4 Å². The van der Waals surface area contributed by atoms with Crippen molar-refractivity contribution in [2.45, 2.75) is 17.7 Å². The molecule has 2 heterocycles. The normalized spacial score (nSPS) is 11.1. The summed E-state index contributed by atoms with van der Waals surface area (Å²) < 4.78 is 14.2. The van der Waals surface area contributed by atoms with E-state index in [-0.39, 0.29) is 5.82 Å². The van der Waals surface area contributed by atoms with Gasteiger partial charge in [0.25, 0.3) is 0 Å². The van der Waals surface area contributed by atoms with Crippen molar-refractivity contribution in [2.75, 3.05) is 0 Å². The number of benzene rings is 2. The molecule has 0 saturated carbocycles. The van der Waals surface area contributed by atoms with Gasteiger partial charge in [0.2, 0.25) is 0 Å². The molecule has 0 aliphatic carbocycles. The van der Waals surface area contributed by atoms with Crippen LogP contribution in [0, 0.1) is 12.7 Å². The largest absolute Gasteiger partial charge is 0.235 e. The Hall–Kier alpha value is -2.24. The first kappa shape index (κ1) is 16.2. The second-order valence-corrected chi connectivity index (χ2v) is 7.74. The zero-order chi connectivity index (χ0) is 17.2. The molecular weight excluding hydrogens is 351 g/mol. The smallest absolute Gasteiger partial charge is 0.123 e. The zero-order valence-electron chi connectivity index (χ0n) is 13.6. The average molecular weight is 366 g/mol. The molecule has 0 aliphatic rings. The molecule has 0 unspecified atom stereocenters. The van der Waals surface area contributed by atoms with E-state index in [1.807, 2.05) is 6.07 Å². The number of thioether (sulfide) groups is 1. The molecule has 0 N–H and O–H groups in total. The van der Waals surface area contributed by atoms with Gasteiger partial charge in [-0.2, -0.15) is 0 Å². The number of halogens is 1.